The van der Waals surface area contributed by atoms with Crippen molar-refractivity contribution in [2.45, 2.75) is 51.9 Å². The molecule has 2 atom stereocenters. The number of rotatable bonds is 2. The second kappa shape index (κ2) is 4.83. The average molecular weight is 268 g/mol. The minimum absolute atomic E-state index is 0.0200. The zero-order chi connectivity index (χ0) is 14.4. The summed E-state index contributed by atoms with van der Waals surface area (Å²) >= 11 is 0. The molecule has 2 rings (SSSR count). The van der Waals surface area contributed by atoms with Crippen LogP contribution in [0.2, 0.25) is 0 Å². The number of hydrogen-bond donors (Lipinski definition) is 0. The summed E-state index contributed by atoms with van der Waals surface area (Å²) in [5, 5.41) is 0. The van der Waals surface area contributed by atoms with Crippen molar-refractivity contribution in [3.05, 3.63) is 0 Å². The van der Waals surface area contributed by atoms with Gasteiger partial charge < -0.3 is 9.64 Å². The fourth-order valence-corrected chi connectivity index (χ4v) is 3.50. The van der Waals surface area contributed by atoms with Gasteiger partial charge in [0.15, 0.2) is 5.78 Å². The molecule has 0 bridgehead atoms. The Morgan fingerprint density at radius 3 is 2.37 bits per heavy atom. The van der Waals surface area contributed by atoms with Crippen LogP contribution in [0, 0.1) is 5.92 Å². The molecule has 0 amide bonds. The van der Waals surface area contributed by atoms with Crippen molar-refractivity contribution in [1.29, 1.82) is 0 Å². The average Bonchev–Trinajstić information content (AvgIpc) is 2.39. The zero-order valence-corrected chi connectivity index (χ0v) is 13.2. The number of nitrogens with zero attached hydrogens (tertiary/aromatic N) is 2. The summed E-state index contributed by atoms with van der Waals surface area (Å²) in [7, 11) is 2.16. The molecule has 2 aliphatic rings. The van der Waals surface area contributed by atoms with E-state index in [2.05, 4.69) is 23.8 Å². The number of piperazine rings is 1. The summed E-state index contributed by atoms with van der Waals surface area (Å²) in [6, 6.07) is 0.506. The van der Waals surface area contributed by atoms with E-state index in [1.54, 1.807) is 0 Å². The second-order valence-electron chi connectivity index (χ2n) is 7.24. The third-order valence-corrected chi connectivity index (χ3v) is 4.65. The van der Waals surface area contributed by atoms with Gasteiger partial charge in [0.25, 0.3) is 0 Å². The standard InChI is InChI=1S/C15H28N2O2/c1-11-9-16(6)7-8-17(11)10-12-13(18)15(4,5)19-14(12,2)3/h11-12H,7-10H2,1-6H3. The topological polar surface area (TPSA) is 32.8 Å². The number of carbonyl (C=O) groups is 1. The summed E-state index contributed by atoms with van der Waals surface area (Å²) in [4.78, 5) is 17.3. The molecule has 0 aromatic rings. The van der Waals surface area contributed by atoms with Gasteiger partial charge in [0.2, 0.25) is 0 Å². The molecule has 0 aliphatic carbocycles. The lowest BCUT2D eigenvalue weighted by atomic mass is 9.85. The molecule has 0 aromatic heterocycles. The molecule has 2 aliphatic heterocycles. The van der Waals surface area contributed by atoms with E-state index in [1.165, 1.54) is 0 Å². The van der Waals surface area contributed by atoms with Gasteiger partial charge in [-0.2, -0.15) is 0 Å². The normalized spacial score (nSPS) is 35.8. The predicted octanol–water partition coefficient (Wildman–Crippen LogP) is 1.40. The van der Waals surface area contributed by atoms with E-state index in [0.29, 0.717) is 6.04 Å². The molecule has 0 aromatic carbocycles. The lowest BCUT2D eigenvalue weighted by Crippen LogP contribution is -2.53. The van der Waals surface area contributed by atoms with Gasteiger partial charge >= 0.3 is 0 Å². The van der Waals surface area contributed by atoms with Crippen LogP contribution in [0.4, 0.5) is 0 Å². The number of carbonyl (C=O) groups excluding carboxylic acids is 1. The molecule has 19 heavy (non-hydrogen) atoms. The summed E-state index contributed by atoms with van der Waals surface area (Å²) in [5.41, 5.74) is -0.992. The van der Waals surface area contributed by atoms with Crippen molar-refractivity contribution in [3.8, 4) is 0 Å². The molecule has 0 N–H and O–H groups in total. The maximum atomic E-state index is 12.5. The Hall–Kier alpha value is -0.450. The largest absolute Gasteiger partial charge is 0.361 e. The Morgan fingerprint density at radius 1 is 1.26 bits per heavy atom. The first-order valence-corrected chi connectivity index (χ1v) is 7.30. The Bertz CT molecular complexity index is 365. The van der Waals surface area contributed by atoms with E-state index in [0.717, 1.165) is 26.2 Å². The molecule has 0 spiro atoms. The molecule has 0 radical (unpaired) electrons. The minimum atomic E-state index is -0.635. The van der Waals surface area contributed by atoms with Crippen LogP contribution in [0.3, 0.4) is 0 Å². The molecule has 110 valence electrons. The van der Waals surface area contributed by atoms with Crippen molar-refractivity contribution in [3.63, 3.8) is 0 Å². The van der Waals surface area contributed by atoms with Crippen LogP contribution in [-0.2, 0) is 9.53 Å². The monoisotopic (exact) mass is 268 g/mol. The van der Waals surface area contributed by atoms with Crippen LogP contribution >= 0.6 is 0 Å². The lowest BCUT2D eigenvalue weighted by molar-refractivity contribution is -0.132. The van der Waals surface area contributed by atoms with Crippen molar-refractivity contribution < 1.29 is 9.53 Å². The van der Waals surface area contributed by atoms with Gasteiger partial charge in [0, 0.05) is 32.2 Å². The van der Waals surface area contributed by atoms with Crippen molar-refractivity contribution in [2.24, 2.45) is 5.92 Å². The fourth-order valence-electron chi connectivity index (χ4n) is 3.50. The number of ether oxygens (including phenoxy) is 1. The van der Waals surface area contributed by atoms with Crippen molar-refractivity contribution in [2.75, 3.05) is 33.2 Å². The van der Waals surface area contributed by atoms with E-state index in [-0.39, 0.29) is 17.3 Å². The number of ketones is 1. The first-order valence-electron chi connectivity index (χ1n) is 7.30. The first-order chi connectivity index (χ1) is 8.63. The van der Waals surface area contributed by atoms with E-state index >= 15 is 0 Å². The Kier molecular flexibility index (Phi) is 3.80. The summed E-state index contributed by atoms with van der Waals surface area (Å²) in [5.74, 6) is 0.233. The van der Waals surface area contributed by atoms with E-state index in [1.807, 2.05) is 27.7 Å². The predicted molar refractivity (Wildman–Crippen MR) is 76.3 cm³/mol. The second-order valence-corrected chi connectivity index (χ2v) is 7.24. The van der Waals surface area contributed by atoms with Crippen molar-refractivity contribution >= 4 is 5.78 Å². The molecule has 2 heterocycles. The number of likely N-dealkylation sites (N-methyl/N-ethyl adjacent to an activating group) is 1. The molecule has 2 unspecified atom stereocenters. The Morgan fingerprint density at radius 2 is 1.89 bits per heavy atom. The molecule has 2 fully saturated rings. The smallest absolute Gasteiger partial charge is 0.171 e. The van der Waals surface area contributed by atoms with E-state index in [9.17, 15) is 4.79 Å². The zero-order valence-electron chi connectivity index (χ0n) is 13.2. The third kappa shape index (κ3) is 2.86. The Balaban J connectivity index is 2.08. The molecule has 4 nitrogen and oxygen atoms in total. The molecular formula is C15H28N2O2. The van der Waals surface area contributed by atoms with Crippen LogP contribution in [-0.4, -0.2) is 66.1 Å². The van der Waals surface area contributed by atoms with Gasteiger partial charge in [-0.15, -0.1) is 0 Å². The maximum Gasteiger partial charge on any atom is 0.171 e. The summed E-state index contributed by atoms with van der Waals surface area (Å²) in [6.07, 6.45) is 0. The highest BCUT2D eigenvalue weighted by Crippen LogP contribution is 2.39. The van der Waals surface area contributed by atoms with E-state index < -0.39 is 5.60 Å². The van der Waals surface area contributed by atoms with Gasteiger partial charge in [-0.05, 0) is 41.7 Å². The van der Waals surface area contributed by atoms with Crippen molar-refractivity contribution in [1.82, 2.24) is 9.80 Å². The molecule has 0 saturated carbocycles. The molecule has 2 saturated heterocycles. The fraction of sp³-hybridized carbons (Fsp3) is 0.933. The van der Waals surface area contributed by atoms with Crippen LogP contribution < -0.4 is 0 Å². The Labute approximate surface area is 117 Å². The lowest BCUT2D eigenvalue weighted by Gasteiger charge is -2.40. The van der Waals surface area contributed by atoms with E-state index in [4.69, 9.17) is 4.74 Å². The highest BCUT2D eigenvalue weighted by atomic mass is 16.5. The highest BCUT2D eigenvalue weighted by Gasteiger charge is 2.53. The SMILES string of the molecule is CC1CN(C)CCN1CC1C(=O)C(C)(C)OC1(C)C. The number of Topliss-reactive ketones (excluding diaryl/α,β-unsaturated/α-hetero) is 1. The van der Waals surface area contributed by atoms with Gasteiger partial charge in [-0.1, -0.05) is 0 Å². The maximum absolute atomic E-state index is 12.5. The van der Waals surface area contributed by atoms with Gasteiger partial charge in [0.1, 0.15) is 5.60 Å². The van der Waals surface area contributed by atoms with Crippen LogP contribution in [0.5, 0.6) is 0 Å². The van der Waals surface area contributed by atoms with Crippen LogP contribution in [0.1, 0.15) is 34.6 Å². The first kappa shape index (κ1) is 14.9. The van der Waals surface area contributed by atoms with Gasteiger partial charge in [-0.25, -0.2) is 0 Å². The third-order valence-electron chi connectivity index (χ3n) is 4.65. The highest BCUT2D eigenvalue weighted by molar-refractivity contribution is 5.91. The minimum Gasteiger partial charge on any atom is -0.361 e. The van der Waals surface area contributed by atoms with Crippen LogP contribution in [0.15, 0.2) is 0 Å². The summed E-state index contributed by atoms with van der Waals surface area (Å²) < 4.78 is 5.97. The molecular weight excluding hydrogens is 240 g/mol. The van der Waals surface area contributed by atoms with Gasteiger partial charge in [0.05, 0.1) is 11.5 Å². The summed E-state index contributed by atoms with van der Waals surface area (Å²) in [6.45, 7) is 14.1. The van der Waals surface area contributed by atoms with Gasteiger partial charge in [-0.3, -0.25) is 9.69 Å². The quantitative estimate of drug-likeness (QED) is 0.758. The molecule has 4 heteroatoms. The number of hydrogen-bond acceptors (Lipinski definition) is 4. The van der Waals surface area contributed by atoms with Crippen LogP contribution in [0.25, 0.3) is 0 Å².